The van der Waals surface area contributed by atoms with Crippen molar-refractivity contribution in [1.82, 2.24) is 9.80 Å². The van der Waals surface area contributed by atoms with Crippen LogP contribution in [0, 0.1) is 0 Å². The third-order valence-corrected chi connectivity index (χ3v) is 5.58. The molecule has 1 unspecified atom stereocenters. The molecule has 0 bridgehead atoms. The zero-order valence-corrected chi connectivity index (χ0v) is 17.3. The van der Waals surface area contributed by atoms with Crippen molar-refractivity contribution in [2.45, 2.75) is 38.4 Å². The predicted octanol–water partition coefficient (Wildman–Crippen LogP) is 5.06. The van der Waals surface area contributed by atoms with Crippen LogP contribution >= 0.6 is 0 Å². The van der Waals surface area contributed by atoms with Crippen molar-refractivity contribution in [2.24, 2.45) is 0 Å². The average Bonchev–Trinajstić information content (AvgIpc) is 3.01. The van der Waals surface area contributed by atoms with Gasteiger partial charge in [0.05, 0.1) is 6.04 Å². The second-order valence-electron chi connectivity index (χ2n) is 7.92. The minimum absolute atomic E-state index is 0.129. The normalized spacial score (nSPS) is 16.7. The molecule has 1 heterocycles. The van der Waals surface area contributed by atoms with Gasteiger partial charge < -0.3 is 4.90 Å². The quantitative estimate of drug-likeness (QED) is 0.545. The molecule has 4 heteroatoms. The number of rotatable bonds is 6. The van der Waals surface area contributed by atoms with Crippen LogP contribution in [0.1, 0.15) is 36.6 Å². The zero-order chi connectivity index (χ0) is 21.1. The number of carbonyl (C=O) groups is 2. The molecular formula is C26H26N2O2. The Morgan fingerprint density at radius 3 is 1.67 bits per heavy atom. The fourth-order valence-electron chi connectivity index (χ4n) is 4.20. The van der Waals surface area contributed by atoms with Gasteiger partial charge in [-0.15, -0.1) is 0 Å². The molecule has 4 rings (SSSR count). The Bertz CT molecular complexity index is 963. The van der Waals surface area contributed by atoms with Crippen LogP contribution in [0.3, 0.4) is 0 Å². The Labute approximate surface area is 177 Å². The molecule has 0 radical (unpaired) electrons. The van der Waals surface area contributed by atoms with Gasteiger partial charge in [0.2, 0.25) is 0 Å². The first-order chi connectivity index (χ1) is 14.6. The molecular weight excluding hydrogens is 372 g/mol. The fraction of sp³-hybridized carbons (Fsp3) is 0.231. The minimum atomic E-state index is -0.548. The lowest BCUT2D eigenvalue weighted by molar-refractivity contribution is -0.129. The van der Waals surface area contributed by atoms with Crippen molar-refractivity contribution in [1.29, 1.82) is 0 Å². The Balaban J connectivity index is 1.83. The molecule has 30 heavy (non-hydrogen) atoms. The maximum absolute atomic E-state index is 13.6. The van der Waals surface area contributed by atoms with Crippen molar-refractivity contribution in [3.05, 3.63) is 108 Å². The van der Waals surface area contributed by atoms with Crippen LogP contribution in [0.25, 0.3) is 0 Å². The van der Waals surface area contributed by atoms with Gasteiger partial charge in [-0.1, -0.05) is 91.0 Å². The average molecular weight is 399 g/mol. The summed E-state index contributed by atoms with van der Waals surface area (Å²) in [6.07, 6.45) is 0.491. The van der Waals surface area contributed by atoms with E-state index in [4.69, 9.17) is 0 Å². The summed E-state index contributed by atoms with van der Waals surface area (Å²) in [5.74, 6) is -0.129. The van der Waals surface area contributed by atoms with Gasteiger partial charge in [-0.25, -0.2) is 4.79 Å². The lowest BCUT2D eigenvalue weighted by atomic mass is 9.95. The maximum atomic E-state index is 13.6. The molecule has 4 nitrogen and oxygen atoms in total. The van der Waals surface area contributed by atoms with Crippen LogP contribution in [-0.4, -0.2) is 33.8 Å². The van der Waals surface area contributed by atoms with Crippen LogP contribution < -0.4 is 0 Å². The summed E-state index contributed by atoms with van der Waals surface area (Å²) in [5.41, 5.74) is 3.03. The standard InChI is InChI=1S/C26H26N2O2/c1-19(2)27-25(29)23(18-20-12-6-3-7-13-20)28(26(27)30)24(21-14-8-4-9-15-21)22-16-10-5-11-17-22/h3-17,19,23-24H,18H2,1-2H3. The van der Waals surface area contributed by atoms with Gasteiger partial charge in [-0.3, -0.25) is 9.69 Å². The SMILES string of the molecule is CC(C)N1C(=O)C(Cc2ccccc2)N(C(c2ccccc2)c2ccccc2)C1=O. The van der Waals surface area contributed by atoms with E-state index in [1.54, 1.807) is 4.90 Å². The molecule has 0 saturated carbocycles. The summed E-state index contributed by atoms with van der Waals surface area (Å²) in [5, 5.41) is 0. The Kier molecular flexibility index (Phi) is 5.66. The largest absolute Gasteiger partial charge is 0.328 e. The van der Waals surface area contributed by atoms with Gasteiger partial charge in [0.1, 0.15) is 6.04 Å². The van der Waals surface area contributed by atoms with E-state index in [1.807, 2.05) is 105 Å². The molecule has 0 spiro atoms. The van der Waals surface area contributed by atoms with Crippen LogP contribution in [0.4, 0.5) is 4.79 Å². The number of carbonyl (C=O) groups excluding carboxylic acids is 2. The van der Waals surface area contributed by atoms with E-state index in [0.29, 0.717) is 6.42 Å². The Hall–Kier alpha value is -3.40. The van der Waals surface area contributed by atoms with Gasteiger partial charge >= 0.3 is 6.03 Å². The molecule has 1 aliphatic heterocycles. The number of benzene rings is 3. The third-order valence-electron chi connectivity index (χ3n) is 5.58. The van der Waals surface area contributed by atoms with E-state index in [0.717, 1.165) is 16.7 Å². The molecule has 0 aliphatic carbocycles. The molecule has 152 valence electrons. The van der Waals surface area contributed by atoms with Gasteiger partial charge in [0, 0.05) is 12.5 Å². The van der Waals surface area contributed by atoms with Gasteiger partial charge in [-0.05, 0) is 30.5 Å². The highest BCUT2D eigenvalue weighted by molar-refractivity contribution is 6.05. The summed E-state index contributed by atoms with van der Waals surface area (Å²) in [7, 11) is 0. The van der Waals surface area contributed by atoms with E-state index in [-0.39, 0.29) is 24.0 Å². The second kappa shape index (κ2) is 8.54. The highest BCUT2D eigenvalue weighted by Gasteiger charge is 2.49. The number of nitrogens with zero attached hydrogens (tertiary/aromatic N) is 2. The first kappa shape index (κ1) is 19.9. The van der Waals surface area contributed by atoms with Crippen LogP contribution in [0.2, 0.25) is 0 Å². The number of imide groups is 1. The Morgan fingerprint density at radius 1 is 0.733 bits per heavy atom. The lowest BCUT2D eigenvalue weighted by Crippen LogP contribution is -2.40. The molecule has 1 aliphatic rings. The number of amides is 3. The number of urea groups is 1. The first-order valence-corrected chi connectivity index (χ1v) is 10.4. The van der Waals surface area contributed by atoms with Crippen molar-refractivity contribution >= 4 is 11.9 Å². The van der Waals surface area contributed by atoms with E-state index in [2.05, 4.69) is 0 Å². The molecule has 0 aromatic heterocycles. The van der Waals surface area contributed by atoms with Crippen molar-refractivity contribution in [2.75, 3.05) is 0 Å². The lowest BCUT2D eigenvalue weighted by Gasteiger charge is -2.32. The van der Waals surface area contributed by atoms with E-state index in [1.165, 1.54) is 4.90 Å². The van der Waals surface area contributed by atoms with E-state index in [9.17, 15) is 9.59 Å². The van der Waals surface area contributed by atoms with E-state index < -0.39 is 6.04 Å². The predicted molar refractivity (Wildman–Crippen MR) is 118 cm³/mol. The summed E-state index contributed by atoms with van der Waals surface area (Å²) in [6.45, 7) is 3.78. The van der Waals surface area contributed by atoms with Gasteiger partial charge in [-0.2, -0.15) is 0 Å². The zero-order valence-electron chi connectivity index (χ0n) is 17.3. The molecule has 3 aromatic carbocycles. The summed E-state index contributed by atoms with van der Waals surface area (Å²) < 4.78 is 0. The highest BCUT2D eigenvalue weighted by atomic mass is 16.2. The van der Waals surface area contributed by atoms with Gasteiger partial charge in [0.25, 0.3) is 5.91 Å². The topological polar surface area (TPSA) is 40.6 Å². The van der Waals surface area contributed by atoms with Crippen molar-refractivity contribution < 1.29 is 9.59 Å². The summed E-state index contributed by atoms with van der Waals surface area (Å²) in [6, 6.07) is 28.5. The third kappa shape index (κ3) is 3.73. The van der Waals surface area contributed by atoms with Crippen molar-refractivity contribution in [3.63, 3.8) is 0 Å². The van der Waals surface area contributed by atoms with Crippen LogP contribution in [0.15, 0.2) is 91.0 Å². The number of hydrogen-bond donors (Lipinski definition) is 0. The highest BCUT2D eigenvalue weighted by Crippen LogP contribution is 2.36. The fourth-order valence-corrected chi connectivity index (χ4v) is 4.20. The van der Waals surface area contributed by atoms with E-state index >= 15 is 0 Å². The maximum Gasteiger partial charge on any atom is 0.328 e. The molecule has 1 fully saturated rings. The molecule has 1 atom stereocenters. The first-order valence-electron chi connectivity index (χ1n) is 10.4. The van der Waals surface area contributed by atoms with Crippen LogP contribution in [0.5, 0.6) is 0 Å². The molecule has 1 saturated heterocycles. The molecule has 0 N–H and O–H groups in total. The van der Waals surface area contributed by atoms with Crippen LogP contribution in [-0.2, 0) is 11.2 Å². The summed E-state index contributed by atoms with van der Waals surface area (Å²) in [4.78, 5) is 30.2. The number of hydrogen-bond acceptors (Lipinski definition) is 2. The Morgan fingerprint density at radius 2 is 1.20 bits per heavy atom. The monoisotopic (exact) mass is 398 g/mol. The molecule has 3 aromatic rings. The van der Waals surface area contributed by atoms with Crippen molar-refractivity contribution in [3.8, 4) is 0 Å². The molecule has 3 amide bonds. The minimum Gasteiger partial charge on any atom is -0.301 e. The smallest absolute Gasteiger partial charge is 0.301 e. The summed E-state index contributed by atoms with van der Waals surface area (Å²) >= 11 is 0. The van der Waals surface area contributed by atoms with Gasteiger partial charge in [0.15, 0.2) is 0 Å². The second-order valence-corrected chi connectivity index (χ2v) is 7.92.